The van der Waals surface area contributed by atoms with Crippen LogP contribution in [0.5, 0.6) is 0 Å². The van der Waals surface area contributed by atoms with Gasteiger partial charge in [0.25, 0.3) is 0 Å². The van der Waals surface area contributed by atoms with Crippen molar-refractivity contribution >= 4 is 56.1 Å². The third-order valence-corrected chi connectivity index (χ3v) is 15.8. The van der Waals surface area contributed by atoms with Gasteiger partial charge in [-0.05, 0) is 0 Å². The van der Waals surface area contributed by atoms with Gasteiger partial charge in [-0.3, -0.25) is 0 Å². The van der Waals surface area contributed by atoms with Crippen molar-refractivity contribution < 1.29 is 0 Å². The van der Waals surface area contributed by atoms with Crippen molar-refractivity contribution in [3.05, 3.63) is 59.7 Å². The Morgan fingerprint density at radius 3 is 1.00 bits per heavy atom. The molecule has 0 saturated carbocycles. The summed E-state index contributed by atoms with van der Waals surface area (Å²) in [6, 6.07) is 18.3. The van der Waals surface area contributed by atoms with E-state index in [4.69, 9.17) is 0 Å². The van der Waals surface area contributed by atoms with E-state index in [2.05, 4.69) is 90.3 Å². The molecular weight excluding hydrogens is 478 g/mol. The molecule has 0 atom stereocenters. The van der Waals surface area contributed by atoms with E-state index in [-0.39, 0.29) is 0 Å². The first kappa shape index (κ1) is 18.1. The number of rotatable bonds is 4. The Labute approximate surface area is 144 Å². The van der Waals surface area contributed by atoms with Gasteiger partial charge in [-0.2, -0.15) is 0 Å². The maximum absolute atomic E-state index is 2.46. The monoisotopic (exact) mass is 508 g/mol. The Balaban J connectivity index is 2.12. The molecule has 0 unspecified atom stereocenters. The molecule has 0 amide bonds. The van der Waals surface area contributed by atoms with Gasteiger partial charge >= 0.3 is 145 Å². The summed E-state index contributed by atoms with van der Waals surface area (Å²) in [5, 5.41) is 0. The Morgan fingerprint density at radius 1 is 0.500 bits per heavy atom. The molecule has 0 spiro atoms. The molecule has 22 heavy (non-hydrogen) atoms. The molecule has 0 saturated heterocycles. The summed E-state index contributed by atoms with van der Waals surface area (Å²) in [7, 11) is 0. The van der Waals surface area contributed by atoms with E-state index in [1.54, 1.807) is 7.16 Å². The van der Waals surface area contributed by atoms with Crippen molar-refractivity contribution in [3.8, 4) is 0 Å². The number of hydrogen-bond donors (Lipinski definition) is 0. The third kappa shape index (κ3) is 5.16. The Morgan fingerprint density at radius 2 is 0.773 bits per heavy atom. The quantitative estimate of drug-likeness (QED) is 0.408. The van der Waals surface area contributed by atoms with Crippen LogP contribution in [0.15, 0.2) is 48.5 Å². The van der Waals surface area contributed by atoms with E-state index < -0.39 is 36.8 Å². The normalized spacial score (nSPS) is 12.8. The van der Waals surface area contributed by atoms with E-state index in [0.29, 0.717) is 0 Å². The average molecular weight is 506 g/mol. The third-order valence-electron chi connectivity index (χ3n) is 4.02. The second-order valence-corrected chi connectivity index (χ2v) is 37.1. The second-order valence-electron chi connectivity index (χ2n) is 8.08. The summed E-state index contributed by atoms with van der Waals surface area (Å²) in [6.07, 6.45) is 4.44. The van der Waals surface area contributed by atoms with Crippen LogP contribution in [0, 0.1) is 0 Å². The number of benzene rings is 2. The Hall–Kier alpha value is -0.223. The van der Waals surface area contributed by atoms with Crippen molar-refractivity contribution in [2.45, 2.75) is 29.6 Å². The van der Waals surface area contributed by atoms with Gasteiger partial charge in [0.15, 0.2) is 0 Å². The Bertz CT molecular complexity index is 577. The van der Waals surface area contributed by atoms with Crippen LogP contribution in [-0.2, 0) is 0 Å². The predicted octanol–water partition coefficient (Wildman–Crippen LogP) is 4.95. The van der Waals surface area contributed by atoms with Gasteiger partial charge < -0.3 is 0 Å². The topological polar surface area (TPSA) is 0 Å². The Kier molecular flexibility index (Phi) is 5.87. The standard InChI is InChI=1S/C14H10.6CH3.2Sn/c1-3-7-13(8-4-1)11-12-14-9-5-2-6-10-14;;;;;;;;/h3-12H;6*1H3;;/b12-11-;;;;;;;;. The molecule has 2 heteroatoms. The van der Waals surface area contributed by atoms with E-state index in [1.165, 1.54) is 11.1 Å². The van der Waals surface area contributed by atoms with Crippen molar-refractivity contribution in [2.75, 3.05) is 0 Å². The molecule has 0 aliphatic heterocycles. The van der Waals surface area contributed by atoms with Gasteiger partial charge in [0.2, 0.25) is 0 Å². The molecule has 116 valence electrons. The number of hydrogen-bond acceptors (Lipinski definition) is 0. The molecule has 0 bridgehead atoms. The van der Waals surface area contributed by atoms with Gasteiger partial charge in [-0.1, -0.05) is 0 Å². The molecular formula is C20H28Sn2. The molecule has 2 rings (SSSR count). The minimum absolute atomic E-state index is 1.29. The van der Waals surface area contributed by atoms with E-state index in [9.17, 15) is 0 Å². The molecule has 0 radical (unpaired) electrons. The summed E-state index contributed by atoms with van der Waals surface area (Å²) in [6.45, 7) is 0. The molecule has 2 aromatic carbocycles. The zero-order chi connectivity index (χ0) is 16.4. The van der Waals surface area contributed by atoms with Crippen LogP contribution >= 0.6 is 0 Å². The molecule has 2 aromatic rings. The molecule has 0 aliphatic rings. The first-order valence-electron chi connectivity index (χ1n) is 8.05. The van der Waals surface area contributed by atoms with Crippen LogP contribution in [0.2, 0.25) is 29.6 Å². The summed E-state index contributed by atoms with van der Waals surface area (Å²) in [5.74, 6) is 0. The van der Waals surface area contributed by atoms with Crippen LogP contribution in [0.3, 0.4) is 0 Å². The zero-order valence-electron chi connectivity index (χ0n) is 14.8. The minimum atomic E-state index is -1.90. The SMILES string of the molecule is [CH3][Sn]([CH3])([CH3])[c]1ccc(/C=C\c2cc[c]([Sn]([CH3])([CH3])[CH3])cc2)cc1. The fraction of sp³-hybridized carbons (Fsp3) is 0.300. The van der Waals surface area contributed by atoms with Gasteiger partial charge in [0.1, 0.15) is 0 Å². The molecule has 0 aliphatic carbocycles. The first-order chi connectivity index (χ1) is 10.2. The van der Waals surface area contributed by atoms with Crippen molar-refractivity contribution in [3.63, 3.8) is 0 Å². The average Bonchev–Trinajstić information content (AvgIpc) is 2.44. The van der Waals surface area contributed by atoms with Gasteiger partial charge in [-0.25, -0.2) is 0 Å². The van der Waals surface area contributed by atoms with Gasteiger partial charge in [0, 0.05) is 0 Å². The summed E-state index contributed by atoms with van der Waals surface area (Å²) < 4.78 is 3.18. The van der Waals surface area contributed by atoms with Crippen molar-refractivity contribution in [1.82, 2.24) is 0 Å². The van der Waals surface area contributed by atoms with Crippen LogP contribution in [0.1, 0.15) is 11.1 Å². The van der Waals surface area contributed by atoms with Crippen LogP contribution in [0.4, 0.5) is 0 Å². The summed E-state index contributed by atoms with van der Waals surface area (Å²) in [4.78, 5) is 14.8. The van der Waals surface area contributed by atoms with Crippen molar-refractivity contribution in [1.29, 1.82) is 0 Å². The fourth-order valence-corrected chi connectivity index (χ4v) is 9.04. The summed E-state index contributed by atoms with van der Waals surface area (Å²) in [5.41, 5.74) is 2.58. The van der Waals surface area contributed by atoms with E-state index >= 15 is 0 Å². The van der Waals surface area contributed by atoms with Crippen LogP contribution < -0.4 is 7.16 Å². The van der Waals surface area contributed by atoms with E-state index in [0.717, 1.165) is 0 Å². The van der Waals surface area contributed by atoms with Crippen LogP contribution in [0.25, 0.3) is 12.2 Å². The molecule has 0 nitrogen and oxygen atoms in total. The van der Waals surface area contributed by atoms with Crippen molar-refractivity contribution in [2.24, 2.45) is 0 Å². The summed E-state index contributed by atoms with van der Waals surface area (Å²) >= 11 is -3.81. The van der Waals surface area contributed by atoms with Crippen LogP contribution in [-0.4, -0.2) is 36.8 Å². The molecule has 0 N–H and O–H groups in total. The van der Waals surface area contributed by atoms with Gasteiger partial charge in [0.05, 0.1) is 0 Å². The molecule has 0 fully saturated rings. The molecule has 0 heterocycles. The zero-order valence-corrected chi connectivity index (χ0v) is 20.5. The maximum atomic E-state index is 2.46. The predicted molar refractivity (Wildman–Crippen MR) is 108 cm³/mol. The molecule has 0 aromatic heterocycles. The fourth-order valence-electron chi connectivity index (χ4n) is 2.38. The second kappa shape index (κ2) is 7.12. The first-order valence-corrected chi connectivity index (χ1v) is 28.0. The van der Waals surface area contributed by atoms with Gasteiger partial charge in [-0.15, -0.1) is 0 Å². The van der Waals surface area contributed by atoms with E-state index in [1.807, 2.05) is 0 Å².